The van der Waals surface area contributed by atoms with E-state index < -0.39 is 0 Å². The van der Waals surface area contributed by atoms with Gasteiger partial charge in [0.15, 0.2) is 11.6 Å². The molecule has 0 bridgehead atoms. The Hall–Kier alpha value is -2.24. The zero-order valence-electron chi connectivity index (χ0n) is 11.8. The zero-order chi connectivity index (χ0) is 15.4. The quantitative estimate of drug-likeness (QED) is 0.757. The highest BCUT2D eigenvalue weighted by Crippen LogP contribution is 2.24. The van der Waals surface area contributed by atoms with Crippen LogP contribution >= 0.6 is 11.6 Å². The summed E-state index contributed by atoms with van der Waals surface area (Å²) in [6.45, 7) is 0.937. The van der Waals surface area contributed by atoms with E-state index in [0.717, 1.165) is 0 Å². The van der Waals surface area contributed by atoms with Gasteiger partial charge < -0.3 is 18.8 Å². The molecule has 0 aliphatic rings. The molecule has 0 spiro atoms. The van der Waals surface area contributed by atoms with Crippen LogP contribution in [0.3, 0.4) is 0 Å². The number of nitrogens with zero attached hydrogens (tertiary/aromatic N) is 2. The Labute approximate surface area is 132 Å². The minimum atomic E-state index is -0.129. The molecule has 0 aliphatic heterocycles. The summed E-state index contributed by atoms with van der Waals surface area (Å²) in [7, 11) is 0. The van der Waals surface area contributed by atoms with Crippen molar-refractivity contribution < 1.29 is 14.3 Å². The van der Waals surface area contributed by atoms with Crippen LogP contribution in [-0.4, -0.2) is 21.3 Å². The van der Waals surface area contributed by atoms with Crippen LogP contribution in [0, 0.1) is 0 Å². The van der Waals surface area contributed by atoms with Gasteiger partial charge in [-0.25, -0.2) is 4.98 Å². The van der Waals surface area contributed by atoms with Crippen LogP contribution in [0.1, 0.15) is 5.76 Å². The van der Waals surface area contributed by atoms with Crippen molar-refractivity contribution in [3.05, 3.63) is 59.6 Å². The number of rotatable bonds is 6. The van der Waals surface area contributed by atoms with E-state index in [9.17, 15) is 0 Å². The summed E-state index contributed by atoms with van der Waals surface area (Å²) in [6.07, 6.45) is 3.55. The van der Waals surface area contributed by atoms with Crippen molar-refractivity contribution in [3.63, 3.8) is 0 Å². The number of halogens is 1. The number of aliphatic hydroxyl groups excluding tert-OH is 1. The van der Waals surface area contributed by atoms with Crippen molar-refractivity contribution in [2.45, 2.75) is 13.2 Å². The lowest BCUT2D eigenvalue weighted by molar-refractivity contribution is 0.248. The van der Waals surface area contributed by atoms with E-state index in [2.05, 4.69) is 4.98 Å². The van der Waals surface area contributed by atoms with Gasteiger partial charge in [-0.15, -0.1) is 0 Å². The molecule has 0 saturated heterocycles. The first-order chi connectivity index (χ1) is 10.8. The van der Waals surface area contributed by atoms with E-state index in [1.807, 2.05) is 29.0 Å². The van der Waals surface area contributed by atoms with E-state index in [0.29, 0.717) is 41.3 Å². The molecule has 0 saturated carbocycles. The second kappa shape index (κ2) is 6.68. The number of aromatic nitrogens is 2. The molecule has 0 radical (unpaired) electrons. The van der Waals surface area contributed by atoms with Crippen molar-refractivity contribution in [3.8, 4) is 17.3 Å². The summed E-state index contributed by atoms with van der Waals surface area (Å²) in [5.74, 6) is 2.48. The Bertz CT molecular complexity index is 751. The molecular formula is C16H15ClN2O3. The number of hydrogen-bond donors (Lipinski definition) is 1. The van der Waals surface area contributed by atoms with Crippen molar-refractivity contribution >= 4 is 11.6 Å². The maximum Gasteiger partial charge on any atom is 0.176 e. The second-order valence-electron chi connectivity index (χ2n) is 4.65. The minimum absolute atomic E-state index is 0.129. The Morgan fingerprint density at radius 2 is 2.09 bits per heavy atom. The minimum Gasteiger partial charge on any atom is -0.490 e. The van der Waals surface area contributed by atoms with Crippen molar-refractivity contribution in [2.75, 3.05) is 6.61 Å². The molecule has 3 rings (SSSR count). The largest absolute Gasteiger partial charge is 0.490 e. The Balaban J connectivity index is 1.67. The molecule has 2 heterocycles. The lowest BCUT2D eigenvalue weighted by atomic mass is 10.3. The Kier molecular flexibility index (Phi) is 4.46. The van der Waals surface area contributed by atoms with E-state index in [4.69, 9.17) is 25.9 Å². The lowest BCUT2D eigenvalue weighted by Crippen LogP contribution is -2.08. The zero-order valence-corrected chi connectivity index (χ0v) is 12.5. The molecule has 0 atom stereocenters. The number of hydrogen-bond acceptors (Lipinski definition) is 4. The van der Waals surface area contributed by atoms with E-state index in [1.165, 1.54) is 0 Å². The maximum absolute atomic E-state index is 9.06. The van der Waals surface area contributed by atoms with Gasteiger partial charge in [0.05, 0.1) is 11.6 Å². The summed E-state index contributed by atoms with van der Waals surface area (Å²) < 4.78 is 13.1. The summed E-state index contributed by atoms with van der Waals surface area (Å²) in [5, 5.41) is 9.65. The predicted octanol–water partition coefficient (Wildman–Crippen LogP) is 3.37. The molecule has 114 valence electrons. The van der Waals surface area contributed by atoms with Gasteiger partial charge >= 0.3 is 0 Å². The number of benzene rings is 1. The first-order valence-corrected chi connectivity index (χ1v) is 7.24. The average Bonchev–Trinajstić information content (AvgIpc) is 3.17. The molecule has 1 N–H and O–H groups in total. The van der Waals surface area contributed by atoms with Crippen molar-refractivity contribution in [2.24, 2.45) is 0 Å². The third-order valence-electron chi connectivity index (χ3n) is 3.18. The van der Waals surface area contributed by atoms with Crippen LogP contribution in [0.5, 0.6) is 5.75 Å². The highest BCUT2D eigenvalue weighted by atomic mass is 35.5. The number of para-hydroxylation sites is 1. The second-order valence-corrected chi connectivity index (χ2v) is 5.05. The third-order valence-corrected chi connectivity index (χ3v) is 3.49. The topological polar surface area (TPSA) is 60.4 Å². The lowest BCUT2D eigenvalue weighted by Gasteiger charge is -2.09. The highest BCUT2D eigenvalue weighted by Gasteiger charge is 2.10. The maximum atomic E-state index is 9.06. The molecule has 2 aromatic heterocycles. The van der Waals surface area contributed by atoms with Gasteiger partial charge in [0, 0.05) is 12.4 Å². The molecule has 5 nitrogen and oxygen atoms in total. The average molecular weight is 319 g/mol. The molecule has 3 aromatic rings. The number of imidazole rings is 1. The first-order valence-electron chi connectivity index (χ1n) is 6.86. The SMILES string of the molecule is OCc1ccc(-c2nccn2CCOc2ccccc2Cl)o1. The van der Waals surface area contributed by atoms with Crippen LogP contribution in [0.15, 0.2) is 53.2 Å². The summed E-state index contributed by atoms with van der Waals surface area (Å²) in [5.41, 5.74) is 0. The van der Waals surface area contributed by atoms with Gasteiger partial charge in [0.1, 0.15) is 24.7 Å². The van der Waals surface area contributed by atoms with Gasteiger partial charge in [0.25, 0.3) is 0 Å². The molecule has 0 unspecified atom stereocenters. The van der Waals surface area contributed by atoms with Crippen LogP contribution in [-0.2, 0) is 13.2 Å². The fourth-order valence-electron chi connectivity index (χ4n) is 2.11. The Morgan fingerprint density at radius 1 is 1.23 bits per heavy atom. The number of ether oxygens (including phenoxy) is 1. The molecule has 0 fully saturated rings. The monoisotopic (exact) mass is 318 g/mol. The molecule has 0 amide bonds. The molecule has 0 aliphatic carbocycles. The van der Waals surface area contributed by atoms with Gasteiger partial charge in [-0.2, -0.15) is 0 Å². The van der Waals surface area contributed by atoms with Crippen LogP contribution in [0.2, 0.25) is 5.02 Å². The molecule has 6 heteroatoms. The van der Waals surface area contributed by atoms with E-state index in [-0.39, 0.29) is 6.61 Å². The van der Waals surface area contributed by atoms with Gasteiger partial charge in [-0.3, -0.25) is 0 Å². The Morgan fingerprint density at radius 3 is 2.86 bits per heavy atom. The van der Waals surface area contributed by atoms with Crippen molar-refractivity contribution in [1.29, 1.82) is 0 Å². The fraction of sp³-hybridized carbons (Fsp3) is 0.188. The smallest absolute Gasteiger partial charge is 0.176 e. The normalized spacial score (nSPS) is 10.8. The van der Waals surface area contributed by atoms with E-state index in [1.54, 1.807) is 24.4 Å². The standard InChI is InChI=1S/C16H15ClN2O3/c17-13-3-1-2-4-14(13)21-10-9-19-8-7-18-16(19)15-6-5-12(11-20)22-15/h1-8,20H,9-11H2. The summed E-state index contributed by atoms with van der Waals surface area (Å²) in [6, 6.07) is 10.9. The van der Waals surface area contributed by atoms with Crippen LogP contribution in [0.4, 0.5) is 0 Å². The van der Waals surface area contributed by atoms with Crippen LogP contribution in [0.25, 0.3) is 11.6 Å². The van der Waals surface area contributed by atoms with Gasteiger partial charge in [-0.05, 0) is 24.3 Å². The number of aliphatic hydroxyl groups is 1. The van der Waals surface area contributed by atoms with Crippen molar-refractivity contribution in [1.82, 2.24) is 9.55 Å². The fourth-order valence-corrected chi connectivity index (χ4v) is 2.30. The molecular weight excluding hydrogens is 304 g/mol. The van der Waals surface area contributed by atoms with Gasteiger partial charge in [0.2, 0.25) is 0 Å². The van der Waals surface area contributed by atoms with Gasteiger partial charge in [-0.1, -0.05) is 23.7 Å². The molecule has 1 aromatic carbocycles. The summed E-state index contributed by atoms with van der Waals surface area (Å²) >= 11 is 6.05. The predicted molar refractivity (Wildman–Crippen MR) is 82.8 cm³/mol. The molecule has 22 heavy (non-hydrogen) atoms. The third kappa shape index (κ3) is 3.16. The first kappa shape index (κ1) is 14.7. The summed E-state index contributed by atoms with van der Waals surface area (Å²) in [4.78, 5) is 4.28. The highest BCUT2D eigenvalue weighted by molar-refractivity contribution is 6.32. The number of furan rings is 1. The van der Waals surface area contributed by atoms with Crippen LogP contribution < -0.4 is 4.74 Å². The van der Waals surface area contributed by atoms with E-state index >= 15 is 0 Å².